The monoisotopic (exact) mass is 563 g/mol. The first-order valence-corrected chi connectivity index (χ1v) is 12.4. The van der Waals surface area contributed by atoms with Crippen LogP contribution in [0.5, 0.6) is 0 Å². The molecule has 0 radical (unpaired) electrons. The van der Waals surface area contributed by atoms with Crippen molar-refractivity contribution in [3.63, 3.8) is 0 Å². The first-order chi connectivity index (χ1) is 16.8. The Labute approximate surface area is 214 Å². The average Bonchev–Trinajstić information content (AvgIpc) is 3.21. The summed E-state index contributed by atoms with van der Waals surface area (Å²) >= 11 is 9.95. The zero-order chi connectivity index (χ0) is 24.6. The zero-order valence-corrected chi connectivity index (χ0v) is 20.9. The molecule has 4 aromatic rings. The van der Waals surface area contributed by atoms with Gasteiger partial charge in [0.15, 0.2) is 5.65 Å². The first-order valence-electron chi connectivity index (χ1n) is 11.2. The van der Waals surface area contributed by atoms with E-state index in [1.54, 1.807) is 16.8 Å². The van der Waals surface area contributed by atoms with Crippen molar-refractivity contribution in [2.45, 2.75) is 31.6 Å². The lowest BCUT2D eigenvalue weighted by Crippen LogP contribution is -2.39. The van der Waals surface area contributed by atoms with Crippen molar-refractivity contribution in [2.75, 3.05) is 18.4 Å². The number of rotatable bonds is 5. The second kappa shape index (κ2) is 9.79. The molecule has 182 valence electrons. The topological polar surface area (TPSA) is 45.5 Å². The van der Waals surface area contributed by atoms with Gasteiger partial charge in [0.05, 0.1) is 21.9 Å². The van der Waals surface area contributed by atoms with Crippen molar-refractivity contribution in [2.24, 2.45) is 0 Å². The fraction of sp³-hybridized carbons (Fsp3) is 0.280. The molecular formula is C25H22BrClF3N5. The van der Waals surface area contributed by atoms with E-state index in [2.05, 4.69) is 31.2 Å². The highest BCUT2D eigenvalue weighted by Crippen LogP contribution is 2.32. The molecule has 5 nitrogen and oxygen atoms in total. The number of hydrogen-bond acceptors (Lipinski definition) is 4. The normalized spacial score (nSPS) is 15.6. The molecule has 0 aliphatic carbocycles. The fourth-order valence-electron chi connectivity index (χ4n) is 4.39. The molecule has 2 aromatic carbocycles. The summed E-state index contributed by atoms with van der Waals surface area (Å²) in [6.45, 7) is 2.06. The number of hydrogen-bond donors (Lipinski definition) is 1. The van der Waals surface area contributed by atoms with Gasteiger partial charge in [-0.3, -0.25) is 4.90 Å². The Morgan fingerprint density at radius 3 is 2.57 bits per heavy atom. The summed E-state index contributed by atoms with van der Waals surface area (Å²) in [7, 11) is 0. The molecule has 1 aliphatic heterocycles. The van der Waals surface area contributed by atoms with Crippen molar-refractivity contribution in [1.82, 2.24) is 19.5 Å². The zero-order valence-electron chi connectivity index (χ0n) is 18.6. The molecule has 1 N–H and O–H groups in total. The van der Waals surface area contributed by atoms with Gasteiger partial charge in [-0.1, -0.05) is 48.0 Å². The second-order valence-corrected chi connectivity index (χ2v) is 9.89. The van der Waals surface area contributed by atoms with Crippen LogP contribution >= 0.6 is 27.5 Å². The summed E-state index contributed by atoms with van der Waals surface area (Å²) in [5, 5.41) is 8.67. The number of anilines is 1. The van der Waals surface area contributed by atoms with Crippen LogP contribution in [0.15, 0.2) is 65.3 Å². The van der Waals surface area contributed by atoms with Crippen LogP contribution in [-0.4, -0.2) is 38.6 Å². The molecule has 3 heterocycles. The molecular weight excluding hydrogens is 543 g/mol. The van der Waals surface area contributed by atoms with Crippen molar-refractivity contribution in [3.8, 4) is 11.3 Å². The molecule has 5 rings (SSSR count). The van der Waals surface area contributed by atoms with Gasteiger partial charge in [0.2, 0.25) is 0 Å². The van der Waals surface area contributed by atoms with Crippen molar-refractivity contribution >= 4 is 39.0 Å². The largest absolute Gasteiger partial charge is 0.416 e. The molecule has 1 fully saturated rings. The van der Waals surface area contributed by atoms with E-state index in [0.29, 0.717) is 22.8 Å². The Balaban J connectivity index is 1.30. The lowest BCUT2D eigenvalue weighted by molar-refractivity contribution is -0.137. The quantitative estimate of drug-likeness (QED) is 0.286. The third kappa shape index (κ3) is 5.32. The van der Waals surface area contributed by atoms with Crippen LogP contribution in [0.4, 0.5) is 19.0 Å². The van der Waals surface area contributed by atoms with E-state index < -0.39 is 11.7 Å². The maximum Gasteiger partial charge on any atom is 0.416 e. The summed E-state index contributed by atoms with van der Waals surface area (Å²) in [6, 6.07) is 15.3. The molecule has 0 bridgehead atoms. The van der Waals surface area contributed by atoms with Gasteiger partial charge in [0.1, 0.15) is 5.82 Å². The number of aromatic nitrogens is 3. The van der Waals surface area contributed by atoms with E-state index in [4.69, 9.17) is 16.6 Å². The molecule has 1 aliphatic rings. The van der Waals surface area contributed by atoms with Crippen LogP contribution in [0.25, 0.3) is 16.9 Å². The molecule has 10 heteroatoms. The minimum absolute atomic E-state index is 0.195. The molecule has 0 saturated carbocycles. The minimum atomic E-state index is -4.33. The number of piperidine rings is 1. The van der Waals surface area contributed by atoms with Crippen LogP contribution in [-0.2, 0) is 12.7 Å². The number of halogens is 5. The van der Waals surface area contributed by atoms with Gasteiger partial charge in [0.25, 0.3) is 0 Å². The van der Waals surface area contributed by atoms with Crippen molar-refractivity contribution in [1.29, 1.82) is 0 Å². The molecule has 35 heavy (non-hydrogen) atoms. The Kier molecular flexibility index (Phi) is 6.74. The Morgan fingerprint density at radius 2 is 1.83 bits per heavy atom. The predicted molar refractivity (Wildman–Crippen MR) is 134 cm³/mol. The summed E-state index contributed by atoms with van der Waals surface area (Å²) in [4.78, 5) is 6.93. The average molecular weight is 565 g/mol. The molecule has 0 atom stereocenters. The highest BCUT2D eigenvalue weighted by Gasteiger charge is 2.30. The van der Waals surface area contributed by atoms with E-state index in [0.717, 1.165) is 53.5 Å². The summed E-state index contributed by atoms with van der Waals surface area (Å²) in [5.74, 6) is 0.812. The van der Waals surface area contributed by atoms with Gasteiger partial charge in [-0.25, -0.2) is 4.98 Å². The van der Waals surface area contributed by atoms with E-state index in [9.17, 15) is 13.2 Å². The molecule has 0 amide bonds. The Hall–Kier alpha value is -2.62. The van der Waals surface area contributed by atoms with Crippen molar-refractivity contribution in [3.05, 3.63) is 81.4 Å². The highest BCUT2D eigenvalue weighted by atomic mass is 79.9. The minimum Gasteiger partial charge on any atom is -0.367 e. The van der Waals surface area contributed by atoms with E-state index in [1.807, 2.05) is 30.3 Å². The maximum absolute atomic E-state index is 13.0. The summed E-state index contributed by atoms with van der Waals surface area (Å²) < 4.78 is 41.6. The van der Waals surface area contributed by atoms with Crippen LogP contribution in [0, 0.1) is 0 Å². The Bertz CT molecular complexity index is 1350. The number of fused-ring (bicyclic) bond motifs is 1. The number of nitrogens with one attached hydrogen (secondary N) is 1. The van der Waals surface area contributed by atoms with E-state index in [-0.39, 0.29) is 6.04 Å². The van der Waals surface area contributed by atoms with Gasteiger partial charge in [-0.05, 0) is 46.5 Å². The summed E-state index contributed by atoms with van der Waals surface area (Å²) in [5.41, 5.74) is 2.34. The van der Waals surface area contributed by atoms with Crippen LogP contribution in [0.1, 0.15) is 24.0 Å². The predicted octanol–water partition coefficient (Wildman–Crippen LogP) is 6.91. The lowest BCUT2D eigenvalue weighted by Gasteiger charge is -2.33. The third-order valence-corrected chi connectivity index (χ3v) is 7.07. The van der Waals surface area contributed by atoms with E-state index in [1.165, 1.54) is 12.1 Å². The number of alkyl halides is 3. The van der Waals surface area contributed by atoms with Crippen molar-refractivity contribution < 1.29 is 13.2 Å². The lowest BCUT2D eigenvalue weighted by atomic mass is 10.0. The maximum atomic E-state index is 13.0. The van der Waals surface area contributed by atoms with Gasteiger partial charge in [0, 0.05) is 42.3 Å². The second-order valence-electron chi connectivity index (χ2n) is 8.63. The highest BCUT2D eigenvalue weighted by molar-refractivity contribution is 9.10. The fourth-order valence-corrected chi connectivity index (χ4v) is 4.98. The Morgan fingerprint density at radius 1 is 1.06 bits per heavy atom. The summed E-state index contributed by atoms with van der Waals surface area (Å²) in [6.07, 6.45) is -0.909. The number of nitrogens with zero attached hydrogens (tertiary/aromatic N) is 4. The van der Waals surface area contributed by atoms with Crippen LogP contribution < -0.4 is 5.32 Å². The van der Waals surface area contributed by atoms with Crippen LogP contribution in [0.3, 0.4) is 0 Å². The SMILES string of the molecule is FC(F)(F)c1cccc(CN2CCC(Nc3cc(-c4ccccc4Cl)nc4c(Br)cnn34)CC2)c1. The number of benzene rings is 2. The molecule has 0 unspecified atom stereocenters. The van der Waals surface area contributed by atoms with Gasteiger partial charge < -0.3 is 5.32 Å². The standard InChI is InChI=1S/C25H22BrClF3N5/c26-20-14-31-35-23(13-22(33-24(20)35)19-6-1-2-7-21(19)27)32-18-8-10-34(11-9-18)15-16-4-3-5-17(12-16)25(28,29)30/h1-7,12-14,18,32H,8-11,15H2. The molecule has 0 spiro atoms. The molecule has 2 aromatic heterocycles. The van der Waals surface area contributed by atoms with Gasteiger partial charge >= 0.3 is 6.18 Å². The molecule has 1 saturated heterocycles. The van der Waals surface area contributed by atoms with E-state index >= 15 is 0 Å². The van der Waals surface area contributed by atoms with Gasteiger partial charge in [-0.2, -0.15) is 22.8 Å². The van der Waals surface area contributed by atoms with Gasteiger partial charge in [-0.15, -0.1) is 0 Å². The third-order valence-electron chi connectivity index (χ3n) is 6.18. The van der Waals surface area contributed by atoms with Crippen LogP contribution in [0.2, 0.25) is 5.02 Å². The smallest absolute Gasteiger partial charge is 0.367 e. The number of likely N-dealkylation sites (tertiary alicyclic amines) is 1. The first kappa shape index (κ1) is 24.1.